The van der Waals surface area contributed by atoms with Gasteiger partial charge in [0, 0.05) is 26.2 Å². The fraction of sp³-hybridized carbons (Fsp3) is 0.318. The number of hydrogen-bond acceptors (Lipinski definition) is 5. The number of fused-ring (bicyclic) bond motifs is 1. The highest BCUT2D eigenvalue weighted by Gasteiger charge is 2.31. The van der Waals surface area contributed by atoms with Gasteiger partial charge in [0.05, 0.1) is 24.5 Å². The molecule has 31 heavy (non-hydrogen) atoms. The first kappa shape index (κ1) is 19.6. The van der Waals surface area contributed by atoms with Crippen molar-refractivity contribution >= 4 is 11.6 Å². The third-order valence-electron chi connectivity index (χ3n) is 5.80. The Balaban J connectivity index is 1.26. The van der Waals surface area contributed by atoms with Gasteiger partial charge in [-0.2, -0.15) is 0 Å². The van der Waals surface area contributed by atoms with Crippen molar-refractivity contribution in [3.05, 3.63) is 77.1 Å². The number of hydrogen-bond donors (Lipinski definition) is 0. The second-order valence-electron chi connectivity index (χ2n) is 7.65. The maximum Gasteiger partial charge on any atom is 0.276 e. The first-order chi connectivity index (χ1) is 15.1. The summed E-state index contributed by atoms with van der Waals surface area (Å²) in [5, 5.41) is 8.26. The van der Waals surface area contributed by atoms with Gasteiger partial charge in [-0.1, -0.05) is 29.5 Å². The highest BCUT2D eigenvalue weighted by molar-refractivity contribution is 5.93. The minimum absolute atomic E-state index is 0.196. The van der Waals surface area contributed by atoms with Crippen molar-refractivity contribution in [2.24, 2.45) is 0 Å². The van der Waals surface area contributed by atoms with Gasteiger partial charge in [-0.3, -0.25) is 4.79 Å². The Labute approximate surface area is 177 Å². The Hall–Kier alpha value is -3.33. The molecule has 0 bridgehead atoms. The van der Waals surface area contributed by atoms with Gasteiger partial charge in [-0.15, -0.1) is 5.10 Å². The van der Waals surface area contributed by atoms with E-state index in [1.807, 2.05) is 4.90 Å². The number of aromatic nitrogens is 3. The summed E-state index contributed by atoms with van der Waals surface area (Å²) in [7, 11) is 0. The molecule has 160 valence electrons. The molecule has 0 saturated carbocycles. The van der Waals surface area contributed by atoms with E-state index in [-0.39, 0.29) is 35.9 Å². The van der Waals surface area contributed by atoms with Crippen molar-refractivity contribution in [1.82, 2.24) is 19.9 Å². The Morgan fingerprint density at radius 3 is 2.48 bits per heavy atom. The van der Waals surface area contributed by atoms with E-state index in [4.69, 9.17) is 4.74 Å². The van der Waals surface area contributed by atoms with Gasteiger partial charge < -0.3 is 14.5 Å². The number of amides is 1. The van der Waals surface area contributed by atoms with Gasteiger partial charge >= 0.3 is 0 Å². The first-order valence-electron chi connectivity index (χ1n) is 10.2. The highest BCUT2D eigenvalue weighted by Crippen LogP contribution is 2.28. The number of carbonyl (C=O) groups is 1. The number of benzene rings is 2. The third kappa shape index (κ3) is 3.76. The average molecular weight is 425 g/mol. The molecule has 1 amide bonds. The van der Waals surface area contributed by atoms with Gasteiger partial charge in [-0.25, -0.2) is 13.5 Å². The van der Waals surface area contributed by atoms with Crippen LogP contribution >= 0.6 is 0 Å². The lowest BCUT2D eigenvalue weighted by Gasteiger charge is -2.36. The number of halogens is 2. The van der Waals surface area contributed by atoms with Gasteiger partial charge in [0.1, 0.15) is 17.7 Å². The number of rotatable bonds is 3. The summed E-state index contributed by atoms with van der Waals surface area (Å²) < 4.78 is 34.8. The Kier molecular flexibility index (Phi) is 5.11. The molecular formula is C22H21F2N5O2. The smallest absolute Gasteiger partial charge is 0.276 e. The number of nitrogens with zero attached hydrogens (tertiary/aromatic N) is 5. The van der Waals surface area contributed by atoms with Gasteiger partial charge in [0.2, 0.25) is 0 Å². The van der Waals surface area contributed by atoms with Crippen LogP contribution in [-0.4, -0.2) is 52.0 Å². The molecule has 1 aromatic heterocycles. The molecular weight excluding hydrogens is 404 g/mol. The number of carbonyl (C=O) groups excluding carboxylic acids is 1. The molecule has 0 N–H and O–H groups in total. The molecule has 1 atom stereocenters. The van der Waals surface area contributed by atoms with Crippen molar-refractivity contribution in [3.8, 4) is 0 Å². The lowest BCUT2D eigenvalue weighted by atomic mass is 10.1. The van der Waals surface area contributed by atoms with E-state index in [0.717, 1.165) is 5.56 Å². The summed E-state index contributed by atoms with van der Waals surface area (Å²) in [6.45, 7) is 2.63. The van der Waals surface area contributed by atoms with Crippen LogP contribution in [-0.2, 0) is 17.9 Å². The van der Waals surface area contributed by atoms with Gasteiger partial charge in [0.25, 0.3) is 5.91 Å². The molecule has 7 nitrogen and oxygen atoms in total. The van der Waals surface area contributed by atoms with Crippen LogP contribution in [0.25, 0.3) is 0 Å². The zero-order valence-corrected chi connectivity index (χ0v) is 16.7. The van der Waals surface area contributed by atoms with Crippen LogP contribution in [0.3, 0.4) is 0 Å². The van der Waals surface area contributed by atoms with Crippen LogP contribution in [0.2, 0.25) is 0 Å². The summed E-state index contributed by atoms with van der Waals surface area (Å²) in [5.74, 6) is -0.759. The van der Waals surface area contributed by atoms with E-state index in [2.05, 4.69) is 10.3 Å². The van der Waals surface area contributed by atoms with Crippen LogP contribution in [0, 0.1) is 11.6 Å². The summed E-state index contributed by atoms with van der Waals surface area (Å²) >= 11 is 0. The molecule has 9 heteroatoms. The maximum atomic E-state index is 14.0. The van der Waals surface area contributed by atoms with Crippen LogP contribution in [0.1, 0.15) is 27.8 Å². The van der Waals surface area contributed by atoms with E-state index >= 15 is 0 Å². The molecule has 2 aromatic carbocycles. The van der Waals surface area contributed by atoms with Gasteiger partial charge in [0.15, 0.2) is 5.69 Å². The molecule has 3 aromatic rings. The molecule has 2 aliphatic heterocycles. The maximum absolute atomic E-state index is 14.0. The number of ether oxygens (including phenoxy) is 1. The Bertz CT molecular complexity index is 1090. The number of para-hydroxylation sites is 1. The van der Waals surface area contributed by atoms with Crippen molar-refractivity contribution in [2.45, 2.75) is 19.3 Å². The lowest BCUT2D eigenvalue weighted by Crippen LogP contribution is -2.49. The summed E-state index contributed by atoms with van der Waals surface area (Å²) in [4.78, 5) is 16.7. The van der Waals surface area contributed by atoms with E-state index in [1.165, 1.54) is 18.2 Å². The summed E-state index contributed by atoms with van der Waals surface area (Å²) in [6.07, 6.45) is -0.276. The fourth-order valence-corrected chi connectivity index (χ4v) is 4.07. The SMILES string of the molecule is O=C(c1nnn2c1CO[C@@H](c1ccc(F)cc1)C2)N1CCN(c2ccccc2F)CC1. The fourth-order valence-electron chi connectivity index (χ4n) is 4.07. The molecule has 2 aliphatic rings. The number of piperazine rings is 1. The molecule has 0 aliphatic carbocycles. The Morgan fingerprint density at radius 2 is 1.74 bits per heavy atom. The molecule has 5 rings (SSSR count). The third-order valence-corrected chi connectivity index (χ3v) is 5.80. The standard InChI is InChI=1S/C22H21F2N5O2/c23-16-7-5-15(6-8-16)20-13-29-19(14-31-20)21(25-26-29)22(30)28-11-9-27(10-12-28)18-4-2-1-3-17(18)24/h1-8,20H,9-14H2/t20-/m1/s1. The normalized spacial score (nSPS) is 18.7. The zero-order chi connectivity index (χ0) is 21.4. The number of anilines is 1. The van der Waals surface area contributed by atoms with Crippen molar-refractivity contribution in [3.63, 3.8) is 0 Å². The van der Waals surface area contributed by atoms with E-state index in [9.17, 15) is 13.6 Å². The molecule has 3 heterocycles. The van der Waals surface area contributed by atoms with E-state index < -0.39 is 0 Å². The largest absolute Gasteiger partial charge is 0.366 e. The van der Waals surface area contributed by atoms with E-state index in [1.54, 1.807) is 39.9 Å². The summed E-state index contributed by atoms with van der Waals surface area (Å²) in [5.41, 5.74) is 2.33. The minimum Gasteiger partial charge on any atom is -0.366 e. The van der Waals surface area contributed by atoms with E-state index in [0.29, 0.717) is 44.1 Å². The quantitative estimate of drug-likeness (QED) is 0.646. The van der Waals surface area contributed by atoms with Crippen LogP contribution in [0.15, 0.2) is 48.5 Å². The monoisotopic (exact) mass is 425 g/mol. The second kappa shape index (κ2) is 8.07. The molecule has 0 spiro atoms. The van der Waals surface area contributed by atoms with Crippen molar-refractivity contribution in [2.75, 3.05) is 31.1 Å². The van der Waals surface area contributed by atoms with Crippen LogP contribution in [0.5, 0.6) is 0 Å². The zero-order valence-electron chi connectivity index (χ0n) is 16.7. The first-order valence-corrected chi connectivity index (χ1v) is 10.2. The highest BCUT2D eigenvalue weighted by atomic mass is 19.1. The average Bonchev–Trinajstić information content (AvgIpc) is 3.23. The predicted molar refractivity (Wildman–Crippen MR) is 108 cm³/mol. The lowest BCUT2D eigenvalue weighted by molar-refractivity contribution is -0.00199. The topological polar surface area (TPSA) is 63.5 Å². The molecule has 0 unspecified atom stereocenters. The minimum atomic E-state index is -0.302. The molecule has 0 radical (unpaired) electrons. The van der Waals surface area contributed by atoms with Crippen molar-refractivity contribution in [1.29, 1.82) is 0 Å². The molecule has 1 fully saturated rings. The summed E-state index contributed by atoms with van der Waals surface area (Å²) in [6, 6.07) is 12.8. The Morgan fingerprint density at radius 1 is 1.00 bits per heavy atom. The second-order valence-corrected chi connectivity index (χ2v) is 7.65. The van der Waals surface area contributed by atoms with Gasteiger partial charge in [-0.05, 0) is 29.8 Å². The van der Waals surface area contributed by atoms with Crippen LogP contribution < -0.4 is 4.90 Å². The molecule has 1 saturated heterocycles. The predicted octanol–water partition coefficient (Wildman–Crippen LogP) is 2.79. The van der Waals surface area contributed by atoms with Crippen LogP contribution in [0.4, 0.5) is 14.5 Å². The van der Waals surface area contributed by atoms with Crippen molar-refractivity contribution < 1.29 is 18.3 Å².